The van der Waals surface area contributed by atoms with E-state index in [4.69, 9.17) is 9.47 Å². The lowest BCUT2D eigenvalue weighted by molar-refractivity contribution is -0.128. The number of benzene rings is 1. The summed E-state index contributed by atoms with van der Waals surface area (Å²) in [6, 6.07) is 3.34. The van der Waals surface area contributed by atoms with Gasteiger partial charge >= 0.3 is 0 Å². The standard InChI is InChI=1S/C23H23BrO5/c1-5-15-7-9-17-21(26)13(2)10-20(25)23(17,24)16(15)8-6-14-11-18(28-3)22(27)19(12-14)29-4/h5-8,10-12,16-17,27H,1,9H2,2-4H3/t16-,17-,23+/m0/s1. The number of phenolic OH excluding ortho intramolecular Hbond substituents is 1. The van der Waals surface area contributed by atoms with Crippen LogP contribution in [-0.4, -0.2) is 35.2 Å². The van der Waals surface area contributed by atoms with Gasteiger partial charge in [0.25, 0.3) is 0 Å². The molecule has 29 heavy (non-hydrogen) atoms. The summed E-state index contributed by atoms with van der Waals surface area (Å²) in [6.45, 7) is 5.56. The van der Waals surface area contributed by atoms with E-state index in [1.807, 2.05) is 18.2 Å². The third-order valence-electron chi connectivity index (χ3n) is 5.56. The fourth-order valence-corrected chi connectivity index (χ4v) is 4.89. The molecule has 0 aromatic heterocycles. The van der Waals surface area contributed by atoms with Crippen LogP contribution in [0, 0.1) is 11.8 Å². The molecule has 0 amide bonds. The summed E-state index contributed by atoms with van der Waals surface area (Å²) < 4.78 is 9.36. The molecule has 6 heteroatoms. The van der Waals surface area contributed by atoms with Crippen molar-refractivity contribution in [2.24, 2.45) is 11.8 Å². The highest BCUT2D eigenvalue weighted by Gasteiger charge is 2.55. The number of phenols is 1. The fraction of sp³-hybridized carbons (Fsp3) is 0.304. The predicted octanol–water partition coefficient (Wildman–Crippen LogP) is 4.40. The van der Waals surface area contributed by atoms with Crippen LogP contribution in [0.15, 0.2) is 54.2 Å². The second-order valence-corrected chi connectivity index (χ2v) is 8.44. The van der Waals surface area contributed by atoms with E-state index in [1.54, 1.807) is 25.1 Å². The van der Waals surface area contributed by atoms with Gasteiger partial charge in [-0.15, -0.1) is 0 Å². The van der Waals surface area contributed by atoms with Gasteiger partial charge in [0.05, 0.1) is 14.2 Å². The van der Waals surface area contributed by atoms with Gasteiger partial charge in [-0.3, -0.25) is 9.59 Å². The van der Waals surface area contributed by atoms with Gasteiger partial charge in [0.15, 0.2) is 23.1 Å². The first-order valence-corrected chi connectivity index (χ1v) is 9.98. The molecule has 1 N–H and O–H groups in total. The van der Waals surface area contributed by atoms with Crippen molar-refractivity contribution in [1.82, 2.24) is 0 Å². The van der Waals surface area contributed by atoms with Crippen LogP contribution in [-0.2, 0) is 9.59 Å². The molecular weight excluding hydrogens is 436 g/mol. The number of halogens is 1. The number of alkyl halides is 1. The molecule has 3 atom stereocenters. The Morgan fingerprint density at radius 3 is 2.41 bits per heavy atom. The molecule has 0 heterocycles. The van der Waals surface area contributed by atoms with Gasteiger partial charge in [-0.05, 0) is 48.3 Å². The summed E-state index contributed by atoms with van der Waals surface area (Å²) in [7, 11) is 2.92. The second kappa shape index (κ2) is 8.03. The summed E-state index contributed by atoms with van der Waals surface area (Å²) in [5, 5.41) is 10.1. The molecule has 2 aliphatic rings. The van der Waals surface area contributed by atoms with Crippen LogP contribution in [0.25, 0.3) is 6.08 Å². The largest absolute Gasteiger partial charge is 0.502 e. The topological polar surface area (TPSA) is 72.8 Å². The maximum Gasteiger partial charge on any atom is 0.200 e. The monoisotopic (exact) mass is 458 g/mol. The minimum Gasteiger partial charge on any atom is -0.502 e. The molecule has 0 fully saturated rings. The van der Waals surface area contributed by atoms with E-state index < -0.39 is 10.2 Å². The number of carbonyl (C=O) groups is 2. The smallest absolute Gasteiger partial charge is 0.200 e. The van der Waals surface area contributed by atoms with Crippen LogP contribution in [0.3, 0.4) is 0 Å². The normalized spacial score (nSPS) is 26.6. The molecule has 1 aromatic carbocycles. The van der Waals surface area contributed by atoms with E-state index in [2.05, 4.69) is 22.5 Å². The van der Waals surface area contributed by atoms with Crippen LogP contribution in [0.5, 0.6) is 17.2 Å². The summed E-state index contributed by atoms with van der Waals surface area (Å²) in [5.41, 5.74) is 2.09. The van der Waals surface area contributed by atoms with Crippen LogP contribution in [0.1, 0.15) is 18.9 Å². The van der Waals surface area contributed by atoms with Gasteiger partial charge < -0.3 is 14.6 Å². The van der Waals surface area contributed by atoms with Crippen LogP contribution >= 0.6 is 15.9 Å². The molecule has 2 aliphatic carbocycles. The summed E-state index contributed by atoms with van der Waals surface area (Å²) in [6.07, 6.45) is 9.28. The number of allylic oxidation sites excluding steroid dienone is 6. The lowest BCUT2D eigenvalue weighted by Gasteiger charge is -2.44. The van der Waals surface area contributed by atoms with Crippen molar-refractivity contribution in [3.05, 3.63) is 59.7 Å². The maximum atomic E-state index is 13.0. The Labute approximate surface area is 178 Å². The van der Waals surface area contributed by atoms with Gasteiger partial charge in [-0.25, -0.2) is 0 Å². The summed E-state index contributed by atoms with van der Waals surface area (Å²) in [5.74, 6) is -0.522. The third kappa shape index (κ3) is 3.46. The van der Waals surface area contributed by atoms with Crippen molar-refractivity contribution in [3.8, 4) is 17.2 Å². The van der Waals surface area contributed by atoms with E-state index in [0.717, 1.165) is 11.1 Å². The third-order valence-corrected chi connectivity index (χ3v) is 6.99. The number of fused-ring (bicyclic) bond motifs is 1. The van der Waals surface area contributed by atoms with Crippen LogP contribution < -0.4 is 9.47 Å². The Bertz CT molecular complexity index is 946. The van der Waals surface area contributed by atoms with Gasteiger partial charge in [0, 0.05) is 11.8 Å². The molecular formula is C23H23BrO5. The van der Waals surface area contributed by atoms with Crippen molar-refractivity contribution < 1.29 is 24.2 Å². The molecule has 152 valence electrons. The minimum absolute atomic E-state index is 0.0211. The average molecular weight is 459 g/mol. The number of Topliss-reactive ketones (excluding diaryl/α,β-unsaturated/α-hetero) is 1. The first-order chi connectivity index (χ1) is 13.8. The molecule has 0 saturated carbocycles. The molecule has 0 unspecified atom stereocenters. The van der Waals surface area contributed by atoms with Crippen molar-refractivity contribution in [1.29, 1.82) is 0 Å². The lowest BCUT2D eigenvalue weighted by Crippen LogP contribution is -2.53. The number of hydrogen-bond donors (Lipinski definition) is 1. The van der Waals surface area contributed by atoms with Gasteiger partial charge in [0.2, 0.25) is 5.75 Å². The molecule has 0 bridgehead atoms. The summed E-state index contributed by atoms with van der Waals surface area (Å²) >= 11 is 3.65. The first-order valence-electron chi connectivity index (χ1n) is 9.19. The molecule has 0 aliphatic heterocycles. The van der Waals surface area contributed by atoms with Crippen molar-refractivity contribution in [2.45, 2.75) is 17.7 Å². The Kier molecular flexibility index (Phi) is 5.85. The molecule has 0 spiro atoms. The van der Waals surface area contributed by atoms with E-state index >= 15 is 0 Å². The van der Waals surface area contributed by atoms with Crippen molar-refractivity contribution >= 4 is 33.6 Å². The minimum atomic E-state index is -1.05. The van der Waals surface area contributed by atoms with Gasteiger partial charge in [0.1, 0.15) is 4.32 Å². The lowest BCUT2D eigenvalue weighted by atomic mass is 9.64. The number of methoxy groups -OCH3 is 2. The van der Waals surface area contributed by atoms with Gasteiger partial charge in [-0.1, -0.05) is 46.8 Å². The highest BCUT2D eigenvalue weighted by Crippen LogP contribution is 2.50. The Balaban J connectivity index is 2.07. The summed E-state index contributed by atoms with van der Waals surface area (Å²) in [4.78, 5) is 25.7. The number of ether oxygens (including phenoxy) is 2. The van der Waals surface area contributed by atoms with Gasteiger partial charge in [-0.2, -0.15) is 0 Å². The second-order valence-electron chi connectivity index (χ2n) is 7.13. The zero-order valence-corrected chi connectivity index (χ0v) is 18.2. The average Bonchev–Trinajstić information content (AvgIpc) is 2.71. The van der Waals surface area contributed by atoms with E-state index in [1.165, 1.54) is 20.3 Å². The van der Waals surface area contributed by atoms with E-state index in [0.29, 0.717) is 12.0 Å². The maximum absolute atomic E-state index is 13.0. The van der Waals surface area contributed by atoms with E-state index in [-0.39, 0.29) is 34.7 Å². The van der Waals surface area contributed by atoms with Crippen molar-refractivity contribution in [3.63, 3.8) is 0 Å². The fourth-order valence-electron chi connectivity index (χ4n) is 3.97. The molecule has 0 saturated heterocycles. The molecule has 5 nitrogen and oxygen atoms in total. The molecule has 1 aromatic rings. The number of aromatic hydroxyl groups is 1. The molecule has 3 rings (SSSR count). The number of carbonyl (C=O) groups excluding carboxylic acids is 2. The number of ketones is 2. The highest BCUT2D eigenvalue weighted by atomic mass is 79.9. The zero-order valence-electron chi connectivity index (χ0n) is 16.6. The molecule has 0 radical (unpaired) electrons. The number of rotatable bonds is 5. The quantitative estimate of drug-likeness (QED) is 0.661. The van der Waals surface area contributed by atoms with Crippen LogP contribution in [0.2, 0.25) is 0 Å². The Morgan fingerprint density at radius 1 is 1.24 bits per heavy atom. The van der Waals surface area contributed by atoms with Crippen LogP contribution in [0.4, 0.5) is 0 Å². The van der Waals surface area contributed by atoms with E-state index in [9.17, 15) is 14.7 Å². The Morgan fingerprint density at radius 2 is 1.86 bits per heavy atom. The zero-order chi connectivity index (χ0) is 21.3. The predicted molar refractivity (Wildman–Crippen MR) is 116 cm³/mol. The Hall–Kier alpha value is -2.60. The van der Waals surface area contributed by atoms with Crippen molar-refractivity contribution in [2.75, 3.05) is 14.2 Å². The highest BCUT2D eigenvalue weighted by molar-refractivity contribution is 9.10. The SMILES string of the molecule is C=CC1=CC[C@H]2C(=O)C(C)=CC(=O)[C@@]2(Br)[C@H]1C=Cc1cc(OC)c(O)c(OC)c1. The number of hydrogen-bond acceptors (Lipinski definition) is 5. The first kappa shape index (κ1) is 21.1.